The predicted molar refractivity (Wildman–Crippen MR) is 102 cm³/mol. The monoisotopic (exact) mass is 411 g/mol. The summed E-state index contributed by atoms with van der Waals surface area (Å²) in [5, 5.41) is 0. The fraction of sp³-hybridized carbons (Fsp3) is 0.750. The van der Waals surface area contributed by atoms with Gasteiger partial charge >= 0.3 is 6.18 Å². The summed E-state index contributed by atoms with van der Waals surface area (Å²) in [6, 6.07) is 1.60. The van der Waals surface area contributed by atoms with Crippen LogP contribution in [0.25, 0.3) is 0 Å². The molecule has 3 aliphatic rings. The van der Waals surface area contributed by atoms with Gasteiger partial charge < -0.3 is 14.7 Å². The third kappa shape index (κ3) is 4.82. The van der Waals surface area contributed by atoms with Crippen molar-refractivity contribution in [2.24, 2.45) is 5.92 Å². The number of hydrogen-bond donors (Lipinski definition) is 0. The Morgan fingerprint density at radius 2 is 1.79 bits per heavy atom. The summed E-state index contributed by atoms with van der Waals surface area (Å²) in [4.78, 5) is 25.6. The van der Waals surface area contributed by atoms with Gasteiger partial charge in [0.1, 0.15) is 17.8 Å². The van der Waals surface area contributed by atoms with E-state index in [4.69, 9.17) is 0 Å². The fourth-order valence-corrected chi connectivity index (χ4v) is 4.66. The van der Waals surface area contributed by atoms with Crippen molar-refractivity contribution < 1.29 is 18.0 Å². The maximum atomic E-state index is 13.1. The standard InChI is InChI=1S/C20H28F3N5O/c1-26-11-14(2-5-19(26)29)12-27-8-6-16(7-9-27)28(15-3-4-15)18-10-17(20(21,22)23)24-13-25-18/h10,13-16H,2-9,11-12H2,1H3. The highest BCUT2D eigenvalue weighted by Crippen LogP contribution is 2.37. The number of aromatic nitrogens is 2. The number of alkyl halides is 3. The molecule has 29 heavy (non-hydrogen) atoms. The van der Waals surface area contributed by atoms with Crippen molar-refractivity contribution in [2.75, 3.05) is 38.1 Å². The van der Waals surface area contributed by atoms with Gasteiger partial charge in [0.05, 0.1) is 0 Å². The zero-order chi connectivity index (χ0) is 20.6. The number of amides is 1. The van der Waals surface area contributed by atoms with Gasteiger partial charge in [-0.05, 0) is 38.0 Å². The van der Waals surface area contributed by atoms with E-state index in [1.807, 2.05) is 11.9 Å². The van der Waals surface area contributed by atoms with Crippen LogP contribution in [0.5, 0.6) is 0 Å². The van der Waals surface area contributed by atoms with Crippen molar-refractivity contribution in [1.82, 2.24) is 19.8 Å². The molecule has 0 radical (unpaired) electrons. The Morgan fingerprint density at radius 3 is 2.41 bits per heavy atom. The summed E-state index contributed by atoms with van der Waals surface area (Å²) in [6.07, 6.45) is 2.00. The van der Waals surface area contributed by atoms with E-state index in [-0.39, 0.29) is 11.9 Å². The lowest BCUT2D eigenvalue weighted by atomic mass is 9.95. The minimum atomic E-state index is -4.45. The molecule has 0 aromatic carbocycles. The second kappa shape index (κ2) is 8.08. The highest BCUT2D eigenvalue weighted by Gasteiger charge is 2.39. The topological polar surface area (TPSA) is 52.6 Å². The average Bonchev–Trinajstić information content (AvgIpc) is 3.51. The van der Waals surface area contributed by atoms with Crippen LogP contribution in [0.3, 0.4) is 0 Å². The third-order valence-corrected chi connectivity index (χ3v) is 6.34. The zero-order valence-electron chi connectivity index (χ0n) is 16.7. The maximum Gasteiger partial charge on any atom is 0.433 e. The van der Waals surface area contributed by atoms with E-state index in [9.17, 15) is 18.0 Å². The van der Waals surface area contributed by atoms with Crippen LogP contribution >= 0.6 is 0 Å². The molecule has 1 aromatic heterocycles. The first kappa shape index (κ1) is 20.4. The second-order valence-electron chi connectivity index (χ2n) is 8.61. The van der Waals surface area contributed by atoms with Crippen LogP contribution in [0.1, 0.15) is 44.2 Å². The molecular formula is C20H28F3N5O. The molecule has 0 bridgehead atoms. The molecule has 0 N–H and O–H groups in total. The lowest BCUT2D eigenvalue weighted by Gasteiger charge is -2.41. The molecule has 1 unspecified atom stereocenters. The van der Waals surface area contributed by atoms with Crippen molar-refractivity contribution >= 4 is 11.7 Å². The molecule has 9 heteroatoms. The van der Waals surface area contributed by atoms with E-state index in [1.54, 1.807) is 0 Å². The molecule has 160 valence electrons. The minimum Gasteiger partial charge on any atom is -0.350 e. The molecule has 1 saturated carbocycles. The van der Waals surface area contributed by atoms with Gasteiger partial charge in [0, 0.05) is 57.8 Å². The van der Waals surface area contributed by atoms with Crippen molar-refractivity contribution in [1.29, 1.82) is 0 Å². The highest BCUT2D eigenvalue weighted by molar-refractivity contribution is 5.76. The summed E-state index contributed by atoms with van der Waals surface area (Å²) in [5.41, 5.74) is -0.874. The first-order valence-electron chi connectivity index (χ1n) is 10.4. The van der Waals surface area contributed by atoms with Gasteiger partial charge in [-0.15, -0.1) is 0 Å². The summed E-state index contributed by atoms with van der Waals surface area (Å²) in [6.45, 7) is 3.66. The van der Waals surface area contributed by atoms with E-state index in [2.05, 4.69) is 19.8 Å². The molecule has 2 aliphatic heterocycles. The van der Waals surface area contributed by atoms with Crippen molar-refractivity contribution in [3.05, 3.63) is 18.1 Å². The molecule has 3 heterocycles. The average molecular weight is 411 g/mol. The fourth-order valence-electron chi connectivity index (χ4n) is 4.66. The molecule has 1 amide bonds. The number of nitrogens with zero attached hydrogens (tertiary/aromatic N) is 5. The number of likely N-dealkylation sites (tertiary alicyclic amines) is 2. The Morgan fingerprint density at radius 1 is 1.10 bits per heavy atom. The Labute approximate surface area is 169 Å². The molecule has 6 nitrogen and oxygen atoms in total. The number of anilines is 1. The lowest BCUT2D eigenvalue weighted by molar-refractivity contribution is -0.141. The van der Waals surface area contributed by atoms with Crippen LogP contribution < -0.4 is 4.90 Å². The van der Waals surface area contributed by atoms with E-state index in [0.717, 1.165) is 70.7 Å². The molecule has 3 fully saturated rings. The lowest BCUT2D eigenvalue weighted by Crippen LogP contribution is -2.49. The molecule has 1 aromatic rings. The maximum absolute atomic E-state index is 13.1. The summed E-state index contributed by atoms with van der Waals surface area (Å²) < 4.78 is 39.2. The second-order valence-corrected chi connectivity index (χ2v) is 8.61. The van der Waals surface area contributed by atoms with Gasteiger partial charge in [-0.3, -0.25) is 4.79 Å². The quantitative estimate of drug-likeness (QED) is 0.746. The van der Waals surface area contributed by atoms with Gasteiger partial charge in [0.25, 0.3) is 0 Å². The summed E-state index contributed by atoms with van der Waals surface area (Å²) in [5.74, 6) is 1.13. The number of halogens is 3. The van der Waals surface area contributed by atoms with Crippen molar-refractivity contribution in [3.63, 3.8) is 0 Å². The highest BCUT2D eigenvalue weighted by atomic mass is 19.4. The van der Waals surface area contributed by atoms with E-state index in [1.165, 1.54) is 0 Å². The number of carbonyl (C=O) groups is 1. The molecule has 2 saturated heterocycles. The smallest absolute Gasteiger partial charge is 0.350 e. The molecule has 4 rings (SSSR count). The minimum absolute atomic E-state index is 0.213. The van der Waals surface area contributed by atoms with Gasteiger partial charge in [0.15, 0.2) is 0 Å². The molecule has 0 spiro atoms. The predicted octanol–water partition coefficient (Wildman–Crippen LogP) is 2.80. The van der Waals surface area contributed by atoms with E-state index in [0.29, 0.717) is 24.2 Å². The van der Waals surface area contributed by atoms with Crippen LogP contribution in [0.2, 0.25) is 0 Å². The third-order valence-electron chi connectivity index (χ3n) is 6.34. The molecule has 1 atom stereocenters. The number of hydrogen-bond acceptors (Lipinski definition) is 5. The Hall–Kier alpha value is -1.90. The van der Waals surface area contributed by atoms with Crippen LogP contribution in [-0.4, -0.2) is 71.0 Å². The first-order chi connectivity index (χ1) is 13.8. The van der Waals surface area contributed by atoms with Crippen molar-refractivity contribution in [3.8, 4) is 0 Å². The Bertz CT molecular complexity index is 731. The number of carbonyl (C=O) groups excluding carboxylic acids is 1. The van der Waals surface area contributed by atoms with Gasteiger partial charge in [-0.2, -0.15) is 13.2 Å². The van der Waals surface area contributed by atoms with Gasteiger partial charge in [-0.1, -0.05) is 0 Å². The van der Waals surface area contributed by atoms with Crippen LogP contribution in [-0.2, 0) is 11.0 Å². The summed E-state index contributed by atoms with van der Waals surface area (Å²) in [7, 11) is 1.87. The van der Waals surface area contributed by atoms with Crippen LogP contribution in [0, 0.1) is 5.92 Å². The first-order valence-corrected chi connectivity index (χ1v) is 10.4. The van der Waals surface area contributed by atoms with E-state index < -0.39 is 11.9 Å². The SMILES string of the molecule is CN1CC(CN2CCC(N(c3cc(C(F)(F)F)ncn3)C3CC3)CC2)CCC1=O. The normalized spacial score (nSPS) is 24.8. The zero-order valence-corrected chi connectivity index (χ0v) is 16.7. The van der Waals surface area contributed by atoms with Crippen LogP contribution in [0.15, 0.2) is 12.4 Å². The molecular weight excluding hydrogens is 383 g/mol. The number of piperidine rings is 2. The largest absolute Gasteiger partial charge is 0.433 e. The van der Waals surface area contributed by atoms with E-state index >= 15 is 0 Å². The summed E-state index contributed by atoms with van der Waals surface area (Å²) >= 11 is 0. The Kier molecular flexibility index (Phi) is 5.68. The number of rotatable bonds is 5. The van der Waals surface area contributed by atoms with Crippen molar-refractivity contribution in [2.45, 2.75) is 56.8 Å². The van der Waals surface area contributed by atoms with Crippen LogP contribution in [0.4, 0.5) is 19.0 Å². The van der Waals surface area contributed by atoms with Gasteiger partial charge in [-0.25, -0.2) is 9.97 Å². The van der Waals surface area contributed by atoms with Gasteiger partial charge in [0.2, 0.25) is 5.91 Å². The Balaban J connectivity index is 1.37. The molecule has 1 aliphatic carbocycles.